The van der Waals surface area contributed by atoms with Gasteiger partial charge in [-0.2, -0.15) is 13.2 Å². The summed E-state index contributed by atoms with van der Waals surface area (Å²) in [5.74, 6) is 0. The van der Waals surface area contributed by atoms with Crippen molar-refractivity contribution in [3.63, 3.8) is 0 Å². The van der Waals surface area contributed by atoms with Crippen molar-refractivity contribution in [2.45, 2.75) is 44.0 Å². The van der Waals surface area contributed by atoms with E-state index >= 15 is 0 Å². The van der Waals surface area contributed by atoms with Crippen molar-refractivity contribution in [2.75, 3.05) is 38.6 Å². The summed E-state index contributed by atoms with van der Waals surface area (Å²) in [6, 6.07) is 3.90. The minimum Gasteiger partial charge on any atom is -0.376 e. The number of piperidine rings is 1. The second-order valence-corrected chi connectivity index (χ2v) is 8.24. The molecule has 1 aromatic rings. The van der Waals surface area contributed by atoms with E-state index in [0.29, 0.717) is 17.3 Å². The molecule has 0 saturated carbocycles. The van der Waals surface area contributed by atoms with Gasteiger partial charge in [-0.15, -0.1) is 0 Å². The lowest BCUT2D eigenvalue weighted by molar-refractivity contribution is -0.137. The fourth-order valence-corrected chi connectivity index (χ4v) is 4.36. The van der Waals surface area contributed by atoms with Gasteiger partial charge >= 0.3 is 6.18 Å². The number of ether oxygens (including phenoxy) is 1. The van der Waals surface area contributed by atoms with Gasteiger partial charge in [-0.3, -0.25) is 0 Å². The number of likely N-dealkylation sites (tertiary alicyclic amines) is 1. The lowest BCUT2D eigenvalue weighted by atomic mass is 10.0. The number of thiocarbonyl (C=S) groups is 1. The van der Waals surface area contributed by atoms with Crippen LogP contribution in [0.1, 0.15) is 31.2 Å². The standard InChI is InChI=1S/C19H25ClF3N3OS/c1-25-8-6-14(7-9-25)26(12-15-3-2-10-27-15)18(28)24-13-4-5-16(17(20)11-13)19(21,22)23/h4-5,11,14-15H,2-3,6-10,12H2,1H3,(H,24,28). The minimum atomic E-state index is -4.48. The molecule has 3 rings (SSSR count). The quantitative estimate of drug-likeness (QED) is 0.696. The Labute approximate surface area is 174 Å². The molecule has 0 amide bonds. The molecule has 0 spiro atoms. The van der Waals surface area contributed by atoms with Gasteiger partial charge in [-0.1, -0.05) is 11.6 Å². The van der Waals surface area contributed by atoms with Crippen LogP contribution in [0.3, 0.4) is 0 Å². The second kappa shape index (κ2) is 9.15. The first-order valence-electron chi connectivity index (χ1n) is 9.48. The second-order valence-electron chi connectivity index (χ2n) is 7.44. The molecule has 0 aromatic heterocycles. The number of halogens is 4. The summed E-state index contributed by atoms with van der Waals surface area (Å²) in [4.78, 5) is 4.43. The summed E-state index contributed by atoms with van der Waals surface area (Å²) in [6.07, 6.45) is -0.331. The molecule has 2 aliphatic heterocycles. The van der Waals surface area contributed by atoms with E-state index in [-0.39, 0.29) is 17.2 Å². The third-order valence-corrected chi connectivity index (χ3v) is 5.99. The maximum absolute atomic E-state index is 12.9. The Hall–Kier alpha value is -1.09. The molecule has 28 heavy (non-hydrogen) atoms. The zero-order valence-corrected chi connectivity index (χ0v) is 17.3. The molecule has 0 aliphatic carbocycles. The van der Waals surface area contributed by atoms with Gasteiger partial charge in [0.05, 0.1) is 16.7 Å². The Balaban J connectivity index is 1.72. The van der Waals surface area contributed by atoms with Crippen molar-refractivity contribution >= 4 is 34.6 Å². The molecule has 1 aromatic carbocycles. The largest absolute Gasteiger partial charge is 0.417 e. The smallest absolute Gasteiger partial charge is 0.376 e. The number of rotatable bonds is 4. The fraction of sp³-hybridized carbons (Fsp3) is 0.632. The molecule has 1 unspecified atom stereocenters. The average molecular weight is 436 g/mol. The monoisotopic (exact) mass is 435 g/mol. The van der Waals surface area contributed by atoms with Crippen LogP contribution in [0, 0.1) is 0 Å². The summed E-state index contributed by atoms with van der Waals surface area (Å²) >= 11 is 11.5. The first-order chi connectivity index (χ1) is 13.2. The van der Waals surface area contributed by atoms with E-state index in [1.54, 1.807) is 0 Å². The van der Waals surface area contributed by atoms with Gasteiger partial charge in [-0.05, 0) is 76.2 Å². The molecular weight excluding hydrogens is 411 g/mol. The number of nitrogens with zero attached hydrogens (tertiary/aromatic N) is 2. The van der Waals surface area contributed by atoms with Crippen molar-refractivity contribution in [3.8, 4) is 0 Å². The van der Waals surface area contributed by atoms with E-state index in [1.165, 1.54) is 12.1 Å². The Morgan fingerprint density at radius 1 is 1.32 bits per heavy atom. The van der Waals surface area contributed by atoms with E-state index < -0.39 is 11.7 Å². The van der Waals surface area contributed by atoms with E-state index in [0.717, 1.165) is 51.4 Å². The van der Waals surface area contributed by atoms with Crippen LogP contribution < -0.4 is 5.32 Å². The molecule has 4 nitrogen and oxygen atoms in total. The highest BCUT2D eigenvalue weighted by Gasteiger charge is 2.33. The number of anilines is 1. The van der Waals surface area contributed by atoms with Crippen LogP contribution in [-0.2, 0) is 10.9 Å². The van der Waals surface area contributed by atoms with E-state index in [1.807, 2.05) is 0 Å². The van der Waals surface area contributed by atoms with Gasteiger partial charge in [0.15, 0.2) is 5.11 Å². The topological polar surface area (TPSA) is 27.7 Å². The number of benzene rings is 1. The summed E-state index contributed by atoms with van der Waals surface area (Å²) in [6.45, 7) is 3.43. The molecule has 2 saturated heterocycles. The van der Waals surface area contributed by atoms with Crippen molar-refractivity contribution < 1.29 is 17.9 Å². The van der Waals surface area contributed by atoms with Crippen LogP contribution >= 0.6 is 23.8 Å². The highest BCUT2D eigenvalue weighted by atomic mass is 35.5. The summed E-state index contributed by atoms with van der Waals surface area (Å²) < 4.78 is 44.5. The number of hydrogen-bond acceptors (Lipinski definition) is 3. The molecule has 2 heterocycles. The molecule has 1 atom stereocenters. The maximum Gasteiger partial charge on any atom is 0.417 e. The van der Waals surface area contributed by atoms with Crippen molar-refractivity contribution in [1.29, 1.82) is 0 Å². The maximum atomic E-state index is 12.9. The number of hydrogen-bond donors (Lipinski definition) is 1. The summed E-state index contributed by atoms with van der Waals surface area (Å²) in [5, 5.41) is 3.24. The molecule has 1 N–H and O–H groups in total. The molecule has 9 heteroatoms. The third-order valence-electron chi connectivity index (χ3n) is 5.34. The van der Waals surface area contributed by atoms with Gasteiger partial charge in [0.25, 0.3) is 0 Å². The first kappa shape index (κ1) is 21.6. The van der Waals surface area contributed by atoms with Gasteiger partial charge in [0, 0.05) is 24.9 Å². The molecule has 2 fully saturated rings. The Morgan fingerprint density at radius 3 is 2.61 bits per heavy atom. The predicted molar refractivity (Wildman–Crippen MR) is 109 cm³/mol. The summed E-state index contributed by atoms with van der Waals surface area (Å²) in [7, 11) is 2.10. The first-order valence-corrected chi connectivity index (χ1v) is 10.3. The summed E-state index contributed by atoms with van der Waals surface area (Å²) in [5.41, 5.74) is -0.398. The molecular formula is C19H25ClF3N3OS. The SMILES string of the molecule is CN1CCC(N(CC2CCCO2)C(=S)Nc2ccc(C(F)(F)F)c(Cl)c2)CC1. The third kappa shape index (κ3) is 5.49. The zero-order valence-electron chi connectivity index (χ0n) is 15.8. The lowest BCUT2D eigenvalue weighted by Crippen LogP contribution is -2.50. The van der Waals surface area contributed by atoms with Gasteiger partial charge in [0.2, 0.25) is 0 Å². The Morgan fingerprint density at radius 2 is 2.04 bits per heavy atom. The van der Waals surface area contributed by atoms with Crippen LogP contribution in [0.15, 0.2) is 18.2 Å². The normalized spacial score (nSPS) is 21.7. The number of alkyl halides is 3. The van der Waals surface area contributed by atoms with Gasteiger partial charge in [0.1, 0.15) is 0 Å². The van der Waals surface area contributed by atoms with Crippen LogP contribution in [0.2, 0.25) is 5.02 Å². The Kier molecular flexibility index (Phi) is 7.07. The molecule has 0 bridgehead atoms. The zero-order chi connectivity index (χ0) is 20.3. The van der Waals surface area contributed by atoms with E-state index in [2.05, 4.69) is 22.2 Å². The van der Waals surface area contributed by atoms with Crippen LogP contribution in [-0.4, -0.2) is 60.3 Å². The lowest BCUT2D eigenvalue weighted by Gasteiger charge is -2.39. The molecule has 156 valence electrons. The van der Waals surface area contributed by atoms with Gasteiger partial charge in [-0.25, -0.2) is 0 Å². The highest BCUT2D eigenvalue weighted by molar-refractivity contribution is 7.80. The fourth-order valence-electron chi connectivity index (χ4n) is 3.73. The van der Waals surface area contributed by atoms with Crippen LogP contribution in [0.4, 0.5) is 18.9 Å². The highest BCUT2D eigenvalue weighted by Crippen LogP contribution is 2.36. The predicted octanol–water partition coefficient (Wildman–Crippen LogP) is 4.63. The van der Waals surface area contributed by atoms with Crippen molar-refractivity contribution in [2.24, 2.45) is 0 Å². The average Bonchev–Trinajstić information content (AvgIpc) is 3.12. The van der Waals surface area contributed by atoms with Gasteiger partial charge < -0.3 is 19.9 Å². The molecule has 2 aliphatic rings. The van der Waals surface area contributed by atoms with E-state index in [9.17, 15) is 13.2 Å². The van der Waals surface area contributed by atoms with E-state index in [4.69, 9.17) is 28.6 Å². The minimum absolute atomic E-state index is 0.135. The van der Waals surface area contributed by atoms with Crippen molar-refractivity contribution in [3.05, 3.63) is 28.8 Å². The van der Waals surface area contributed by atoms with Crippen molar-refractivity contribution in [1.82, 2.24) is 9.80 Å². The molecule has 0 radical (unpaired) electrons. The van der Waals surface area contributed by atoms with Crippen LogP contribution in [0.25, 0.3) is 0 Å². The van der Waals surface area contributed by atoms with Crippen LogP contribution in [0.5, 0.6) is 0 Å². The number of nitrogens with one attached hydrogen (secondary N) is 1. The Bertz CT molecular complexity index is 689.